The summed E-state index contributed by atoms with van der Waals surface area (Å²) in [7, 11) is 4.01. The predicted octanol–water partition coefficient (Wildman–Crippen LogP) is 2.25. The third-order valence-electron chi connectivity index (χ3n) is 3.89. The number of nitrogens with zero attached hydrogens (tertiary/aromatic N) is 1. The molecule has 0 saturated carbocycles. The van der Waals surface area contributed by atoms with E-state index < -0.39 is 6.04 Å². The lowest BCUT2D eigenvalue weighted by Crippen LogP contribution is -2.33. The van der Waals surface area contributed by atoms with Crippen LogP contribution in [-0.2, 0) is 11.3 Å². The summed E-state index contributed by atoms with van der Waals surface area (Å²) < 4.78 is 5.71. The van der Waals surface area contributed by atoms with Gasteiger partial charge < -0.3 is 20.7 Å². The normalized spacial score (nSPS) is 12.0. The maximum Gasteiger partial charge on any atom is 0.241 e. The Hall–Kier alpha value is -2.37. The van der Waals surface area contributed by atoms with Gasteiger partial charge in [0.05, 0.1) is 0 Å². The van der Waals surface area contributed by atoms with E-state index in [0.29, 0.717) is 13.2 Å². The molecule has 5 heteroatoms. The van der Waals surface area contributed by atoms with Crippen LogP contribution in [0, 0.1) is 6.92 Å². The van der Waals surface area contributed by atoms with Crippen LogP contribution < -0.4 is 15.8 Å². The van der Waals surface area contributed by atoms with Gasteiger partial charge in [-0.05, 0) is 44.3 Å². The van der Waals surface area contributed by atoms with Crippen molar-refractivity contribution < 1.29 is 9.53 Å². The molecular formula is C20H27N3O2. The van der Waals surface area contributed by atoms with Crippen molar-refractivity contribution in [3.05, 3.63) is 65.2 Å². The maximum atomic E-state index is 12.3. The van der Waals surface area contributed by atoms with Crippen LogP contribution >= 0.6 is 0 Å². The first kappa shape index (κ1) is 19.0. The van der Waals surface area contributed by atoms with Crippen LogP contribution in [0.5, 0.6) is 5.75 Å². The summed E-state index contributed by atoms with van der Waals surface area (Å²) in [5, 5.41) is 2.89. The summed E-state index contributed by atoms with van der Waals surface area (Å²) >= 11 is 0. The number of ether oxygens (including phenoxy) is 1. The summed E-state index contributed by atoms with van der Waals surface area (Å²) in [5.74, 6) is 0.610. The summed E-state index contributed by atoms with van der Waals surface area (Å²) in [6.45, 7) is 3.90. The molecule has 0 heterocycles. The summed E-state index contributed by atoms with van der Waals surface area (Å²) in [5.41, 5.74) is 8.96. The smallest absolute Gasteiger partial charge is 0.241 e. The van der Waals surface area contributed by atoms with Gasteiger partial charge in [-0.1, -0.05) is 42.0 Å². The first-order valence-corrected chi connectivity index (χ1v) is 8.42. The van der Waals surface area contributed by atoms with Gasteiger partial charge in [-0.25, -0.2) is 0 Å². The summed E-state index contributed by atoms with van der Waals surface area (Å²) in [6.07, 6.45) is 0. The Kier molecular flexibility index (Phi) is 6.98. The van der Waals surface area contributed by atoms with Crippen LogP contribution in [0.25, 0.3) is 0 Å². The molecule has 0 spiro atoms. The average Bonchev–Trinajstić information content (AvgIpc) is 2.60. The first-order chi connectivity index (χ1) is 12.0. The van der Waals surface area contributed by atoms with Crippen LogP contribution in [0.2, 0.25) is 0 Å². The molecule has 1 atom stereocenters. The molecule has 2 aromatic carbocycles. The predicted molar refractivity (Wildman–Crippen MR) is 100 cm³/mol. The third-order valence-corrected chi connectivity index (χ3v) is 3.89. The number of amides is 1. The van der Waals surface area contributed by atoms with Crippen molar-refractivity contribution in [2.75, 3.05) is 27.2 Å². The number of likely N-dealkylation sites (N-methyl/N-ethyl adjacent to an activating group) is 1. The quantitative estimate of drug-likeness (QED) is 0.773. The zero-order valence-corrected chi connectivity index (χ0v) is 15.2. The van der Waals surface area contributed by atoms with Crippen molar-refractivity contribution in [1.82, 2.24) is 10.2 Å². The number of aryl methyl sites for hydroxylation is 1. The number of carbonyl (C=O) groups is 1. The molecule has 0 saturated heterocycles. The minimum Gasteiger partial charge on any atom is -0.492 e. The Bertz CT molecular complexity index is 684. The van der Waals surface area contributed by atoms with E-state index in [9.17, 15) is 4.79 Å². The van der Waals surface area contributed by atoms with Crippen LogP contribution in [0.1, 0.15) is 22.7 Å². The monoisotopic (exact) mass is 341 g/mol. The number of hydrogen-bond acceptors (Lipinski definition) is 4. The minimum absolute atomic E-state index is 0.192. The Labute approximate surface area is 149 Å². The van der Waals surface area contributed by atoms with Crippen LogP contribution in [0.3, 0.4) is 0 Å². The fourth-order valence-electron chi connectivity index (χ4n) is 2.32. The van der Waals surface area contributed by atoms with E-state index in [0.717, 1.165) is 29.0 Å². The van der Waals surface area contributed by atoms with E-state index in [2.05, 4.69) is 10.2 Å². The second kappa shape index (κ2) is 9.20. The van der Waals surface area contributed by atoms with E-state index in [1.807, 2.05) is 69.6 Å². The molecule has 0 fully saturated rings. The lowest BCUT2D eigenvalue weighted by atomic mass is 10.1. The largest absolute Gasteiger partial charge is 0.492 e. The van der Waals surface area contributed by atoms with E-state index >= 15 is 0 Å². The second-order valence-corrected chi connectivity index (χ2v) is 6.41. The Balaban J connectivity index is 1.87. The van der Waals surface area contributed by atoms with E-state index in [1.54, 1.807) is 0 Å². The molecule has 1 unspecified atom stereocenters. The van der Waals surface area contributed by atoms with Crippen LogP contribution in [0.15, 0.2) is 48.5 Å². The van der Waals surface area contributed by atoms with Crippen molar-refractivity contribution in [1.29, 1.82) is 0 Å². The molecule has 0 aromatic heterocycles. The average molecular weight is 341 g/mol. The fourth-order valence-corrected chi connectivity index (χ4v) is 2.32. The fraction of sp³-hybridized carbons (Fsp3) is 0.350. The standard InChI is InChI=1S/C20H27N3O2/c1-15-7-9-17(10-8-15)19(21)20(24)22-14-16-5-4-6-18(13-16)25-12-11-23(2)3/h4-10,13,19H,11-12,14,21H2,1-3H3,(H,22,24). The minimum atomic E-state index is -0.667. The number of benzene rings is 2. The van der Waals surface area contributed by atoms with Gasteiger partial charge in [-0.2, -0.15) is 0 Å². The topological polar surface area (TPSA) is 67.6 Å². The molecule has 2 rings (SSSR count). The van der Waals surface area contributed by atoms with Crippen molar-refractivity contribution in [3.63, 3.8) is 0 Å². The van der Waals surface area contributed by atoms with Gasteiger partial charge in [0.15, 0.2) is 0 Å². The molecule has 2 aromatic rings. The Morgan fingerprint density at radius 1 is 1.20 bits per heavy atom. The molecule has 0 aliphatic rings. The maximum absolute atomic E-state index is 12.3. The highest BCUT2D eigenvalue weighted by Gasteiger charge is 2.15. The molecule has 0 bridgehead atoms. The molecule has 0 radical (unpaired) electrons. The van der Waals surface area contributed by atoms with Gasteiger partial charge in [0, 0.05) is 13.1 Å². The lowest BCUT2D eigenvalue weighted by Gasteiger charge is -2.14. The van der Waals surface area contributed by atoms with Gasteiger partial charge >= 0.3 is 0 Å². The van der Waals surface area contributed by atoms with Crippen LogP contribution in [0.4, 0.5) is 0 Å². The Morgan fingerprint density at radius 2 is 1.92 bits per heavy atom. The van der Waals surface area contributed by atoms with Gasteiger partial charge in [-0.3, -0.25) is 4.79 Å². The SMILES string of the molecule is Cc1ccc(C(N)C(=O)NCc2cccc(OCCN(C)C)c2)cc1. The molecule has 3 N–H and O–H groups in total. The zero-order valence-electron chi connectivity index (χ0n) is 15.2. The molecule has 25 heavy (non-hydrogen) atoms. The highest BCUT2D eigenvalue weighted by molar-refractivity contribution is 5.82. The van der Waals surface area contributed by atoms with E-state index in [-0.39, 0.29) is 5.91 Å². The molecule has 0 aliphatic carbocycles. The summed E-state index contributed by atoms with van der Waals surface area (Å²) in [4.78, 5) is 14.3. The zero-order chi connectivity index (χ0) is 18.2. The number of hydrogen-bond donors (Lipinski definition) is 2. The lowest BCUT2D eigenvalue weighted by molar-refractivity contribution is -0.122. The van der Waals surface area contributed by atoms with Gasteiger partial charge in [-0.15, -0.1) is 0 Å². The van der Waals surface area contributed by atoms with E-state index in [1.165, 1.54) is 0 Å². The van der Waals surface area contributed by atoms with E-state index in [4.69, 9.17) is 10.5 Å². The number of nitrogens with one attached hydrogen (secondary N) is 1. The highest BCUT2D eigenvalue weighted by Crippen LogP contribution is 2.15. The number of carbonyl (C=O) groups excluding carboxylic acids is 1. The number of nitrogens with two attached hydrogens (primary N) is 1. The van der Waals surface area contributed by atoms with Gasteiger partial charge in [0.25, 0.3) is 0 Å². The first-order valence-electron chi connectivity index (χ1n) is 8.42. The second-order valence-electron chi connectivity index (χ2n) is 6.41. The third kappa shape index (κ3) is 6.21. The van der Waals surface area contributed by atoms with Crippen molar-refractivity contribution in [2.24, 2.45) is 5.73 Å². The molecule has 5 nitrogen and oxygen atoms in total. The molecule has 0 aliphatic heterocycles. The van der Waals surface area contributed by atoms with Crippen molar-refractivity contribution in [2.45, 2.75) is 19.5 Å². The molecule has 134 valence electrons. The highest BCUT2D eigenvalue weighted by atomic mass is 16.5. The molecular weight excluding hydrogens is 314 g/mol. The van der Waals surface area contributed by atoms with Gasteiger partial charge in [0.2, 0.25) is 5.91 Å². The number of rotatable bonds is 8. The molecule has 1 amide bonds. The van der Waals surface area contributed by atoms with Gasteiger partial charge in [0.1, 0.15) is 18.4 Å². The van der Waals surface area contributed by atoms with Crippen molar-refractivity contribution in [3.8, 4) is 5.75 Å². The Morgan fingerprint density at radius 3 is 2.60 bits per heavy atom. The van der Waals surface area contributed by atoms with Crippen LogP contribution in [-0.4, -0.2) is 38.1 Å². The van der Waals surface area contributed by atoms with Crippen molar-refractivity contribution >= 4 is 5.91 Å². The summed E-state index contributed by atoms with van der Waals surface area (Å²) in [6, 6.07) is 14.8.